The predicted octanol–water partition coefficient (Wildman–Crippen LogP) is 2.45. The van der Waals surface area contributed by atoms with Crippen LogP contribution in [0.4, 0.5) is 4.79 Å². The summed E-state index contributed by atoms with van der Waals surface area (Å²) in [6.45, 7) is 3.85. The number of amides is 2. The normalized spacial score (nSPS) is 12.2. The van der Waals surface area contributed by atoms with Gasteiger partial charge in [-0.2, -0.15) is 5.10 Å². The first-order valence-corrected chi connectivity index (χ1v) is 8.25. The number of carbonyl (C=O) groups excluding carboxylic acids is 1. The molecule has 1 heterocycles. The molecule has 7 heteroatoms. The fourth-order valence-electron chi connectivity index (χ4n) is 2.38. The van der Waals surface area contributed by atoms with Gasteiger partial charge in [0.25, 0.3) is 0 Å². The summed E-state index contributed by atoms with van der Waals surface area (Å²) in [5, 5.41) is 10.8. The average Bonchev–Trinajstić information content (AvgIpc) is 2.92. The second-order valence-corrected chi connectivity index (χ2v) is 6.48. The number of hydrogen-bond acceptors (Lipinski definition) is 3. The molecule has 130 valence electrons. The lowest BCUT2D eigenvalue weighted by atomic mass is 10.1. The second-order valence-electron chi connectivity index (χ2n) is 6.05. The number of aromatic nitrogens is 2. The third-order valence-corrected chi connectivity index (χ3v) is 3.77. The zero-order valence-corrected chi connectivity index (χ0v) is 15.0. The quantitative estimate of drug-likeness (QED) is 0.807. The van der Waals surface area contributed by atoms with E-state index in [9.17, 15) is 4.79 Å². The van der Waals surface area contributed by atoms with Gasteiger partial charge in [0.1, 0.15) is 0 Å². The maximum absolute atomic E-state index is 12.2. The highest BCUT2D eigenvalue weighted by Crippen LogP contribution is 2.17. The van der Waals surface area contributed by atoms with Crippen LogP contribution in [0.5, 0.6) is 0 Å². The minimum Gasteiger partial charge on any atom is -0.336 e. The molecule has 6 nitrogen and oxygen atoms in total. The van der Waals surface area contributed by atoms with Gasteiger partial charge < -0.3 is 15.5 Å². The van der Waals surface area contributed by atoms with Crippen molar-refractivity contribution in [3.8, 4) is 0 Å². The van der Waals surface area contributed by atoms with Gasteiger partial charge in [-0.1, -0.05) is 23.7 Å². The molecule has 0 aliphatic rings. The molecule has 0 saturated heterocycles. The topological polar surface area (TPSA) is 62.2 Å². The van der Waals surface area contributed by atoms with Gasteiger partial charge in [0.15, 0.2) is 0 Å². The fourth-order valence-corrected chi connectivity index (χ4v) is 2.50. The van der Waals surface area contributed by atoms with Crippen LogP contribution in [0.1, 0.15) is 17.2 Å². The first kappa shape index (κ1) is 18.3. The summed E-state index contributed by atoms with van der Waals surface area (Å²) in [7, 11) is 3.95. The number of benzene rings is 1. The molecule has 1 atom stereocenters. The molecular formula is C17H24ClN5O. The van der Waals surface area contributed by atoms with Crippen LogP contribution in [0.25, 0.3) is 0 Å². The third-order valence-electron chi connectivity index (χ3n) is 3.51. The number of halogens is 1. The van der Waals surface area contributed by atoms with E-state index >= 15 is 0 Å². The molecule has 0 bridgehead atoms. The summed E-state index contributed by atoms with van der Waals surface area (Å²) in [5.74, 6) is 0. The summed E-state index contributed by atoms with van der Waals surface area (Å²) < 4.78 is 1.81. The lowest BCUT2D eigenvalue weighted by Gasteiger charge is -2.23. The number of nitrogens with zero attached hydrogens (tertiary/aromatic N) is 3. The van der Waals surface area contributed by atoms with Gasteiger partial charge in [-0.05, 0) is 44.3 Å². The molecule has 2 aromatic rings. The minimum absolute atomic E-state index is 0.107. The van der Waals surface area contributed by atoms with Gasteiger partial charge in [-0.25, -0.2) is 4.79 Å². The Bertz CT molecular complexity index is 653. The highest BCUT2D eigenvalue weighted by atomic mass is 35.5. The number of likely N-dealkylation sites (N-methyl/N-ethyl adjacent to an activating group) is 1. The lowest BCUT2D eigenvalue weighted by Crippen LogP contribution is -2.42. The molecule has 1 aromatic carbocycles. The largest absolute Gasteiger partial charge is 0.336 e. The molecule has 0 aliphatic carbocycles. The predicted molar refractivity (Wildman–Crippen MR) is 96.2 cm³/mol. The van der Waals surface area contributed by atoms with E-state index in [1.165, 1.54) is 0 Å². The van der Waals surface area contributed by atoms with Gasteiger partial charge in [0.2, 0.25) is 0 Å². The smallest absolute Gasteiger partial charge is 0.315 e. The van der Waals surface area contributed by atoms with Gasteiger partial charge in [-0.15, -0.1) is 0 Å². The van der Waals surface area contributed by atoms with E-state index in [0.29, 0.717) is 24.7 Å². The molecule has 0 saturated carbocycles. The van der Waals surface area contributed by atoms with Crippen molar-refractivity contribution in [3.63, 3.8) is 0 Å². The van der Waals surface area contributed by atoms with E-state index < -0.39 is 0 Å². The van der Waals surface area contributed by atoms with Crippen molar-refractivity contribution in [2.45, 2.75) is 19.5 Å². The van der Waals surface area contributed by atoms with Crippen LogP contribution in [-0.4, -0.2) is 47.9 Å². The molecular weight excluding hydrogens is 326 g/mol. The fraction of sp³-hybridized carbons (Fsp3) is 0.412. The monoisotopic (exact) mass is 349 g/mol. The molecule has 0 spiro atoms. The average molecular weight is 350 g/mol. The van der Waals surface area contributed by atoms with Crippen molar-refractivity contribution < 1.29 is 4.79 Å². The van der Waals surface area contributed by atoms with Gasteiger partial charge >= 0.3 is 6.03 Å². The van der Waals surface area contributed by atoms with Gasteiger partial charge in [0.05, 0.1) is 18.8 Å². The van der Waals surface area contributed by atoms with Crippen LogP contribution in [-0.2, 0) is 6.54 Å². The third kappa shape index (κ3) is 5.86. The Kier molecular flexibility index (Phi) is 6.63. The molecule has 0 unspecified atom stereocenters. The van der Waals surface area contributed by atoms with Crippen LogP contribution in [0.3, 0.4) is 0 Å². The Balaban J connectivity index is 1.88. The van der Waals surface area contributed by atoms with Crippen LogP contribution >= 0.6 is 11.6 Å². The van der Waals surface area contributed by atoms with Crippen molar-refractivity contribution in [1.82, 2.24) is 25.3 Å². The van der Waals surface area contributed by atoms with Crippen molar-refractivity contribution in [2.24, 2.45) is 0 Å². The minimum atomic E-state index is -0.194. The standard InChI is InChI=1S/C17H24ClN5O/c1-13-10-20-23(11-13)9-8-19-17(24)21-16(12-22(2)3)14-4-6-15(18)7-5-14/h4-7,10-11,16H,8-9,12H2,1-3H3,(H2,19,21,24)/t16-/m0/s1. The summed E-state index contributed by atoms with van der Waals surface area (Å²) in [6.07, 6.45) is 3.75. The number of nitrogens with one attached hydrogen (secondary N) is 2. The van der Waals surface area contributed by atoms with Crippen molar-refractivity contribution >= 4 is 17.6 Å². The van der Waals surface area contributed by atoms with Crippen LogP contribution in [0.2, 0.25) is 5.02 Å². The number of carbonyl (C=O) groups is 1. The Hall–Kier alpha value is -2.05. The van der Waals surface area contributed by atoms with Gasteiger partial charge in [0, 0.05) is 24.3 Å². The first-order valence-electron chi connectivity index (χ1n) is 7.87. The van der Waals surface area contributed by atoms with E-state index in [2.05, 4.69) is 15.7 Å². The van der Waals surface area contributed by atoms with Crippen molar-refractivity contribution in [3.05, 3.63) is 52.8 Å². The number of aryl methyl sites for hydroxylation is 1. The van der Waals surface area contributed by atoms with Crippen LogP contribution in [0.15, 0.2) is 36.7 Å². The second kappa shape index (κ2) is 8.70. The molecule has 1 aromatic heterocycles. The number of rotatable bonds is 7. The van der Waals surface area contributed by atoms with Crippen LogP contribution in [0, 0.1) is 6.92 Å². The van der Waals surface area contributed by atoms with Gasteiger partial charge in [-0.3, -0.25) is 4.68 Å². The van der Waals surface area contributed by atoms with Crippen LogP contribution < -0.4 is 10.6 Å². The molecule has 24 heavy (non-hydrogen) atoms. The highest BCUT2D eigenvalue weighted by Gasteiger charge is 2.15. The summed E-state index contributed by atoms with van der Waals surface area (Å²) in [4.78, 5) is 14.2. The Labute approximate surface area is 147 Å². The maximum Gasteiger partial charge on any atom is 0.315 e. The van der Waals surface area contributed by atoms with E-state index in [-0.39, 0.29) is 12.1 Å². The number of hydrogen-bond donors (Lipinski definition) is 2. The highest BCUT2D eigenvalue weighted by molar-refractivity contribution is 6.30. The first-order chi connectivity index (χ1) is 11.4. The van der Waals surface area contributed by atoms with E-state index in [4.69, 9.17) is 11.6 Å². The Morgan fingerprint density at radius 1 is 1.33 bits per heavy atom. The molecule has 0 radical (unpaired) electrons. The molecule has 2 rings (SSSR count). The van der Waals surface area contributed by atoms with E-state index in [0.717, 1.165) is 11.1 Å². The van der Waals surface area contributed by atoms with Crippen molar-refractivity contribution in [2.75, 3.05) is 27.2 Å². The zero-order chi connectivity index (χ0) is 17.5. The number of urea groups is 1. The summed E-state index contributed by atoms with van der Waals surface area (Å²) in [5.41, 5.74) is 2.12. The zero-order valence-electron chi connectivity index (χ0n) is 14.3. The lowest BCUT2D eigenvalue weighted by molar-refractivity contribution is 0.232. The summed E-state index contributed by atoms with van der Waals surface area (Å²) >= 11 is 5.94. The van der Waals surface area contributed by atoms with Crippen molar-refractivity contribution in [1.29, 1.82) is 0 Å². The maximum atomic E-state index is 12.2. The molecule has 2 amide bonds. The SMILES string of the molecule is Cc1cnn(CCNC(=O)N[C@@H](CN(C)C)c2ccc(Cl)cc2)c1. The molecule has 0 fully saturated rings. The summed E-state index contributed by atoms with van der Waals surface area (Å²) in [6, 6.07) is 7.23. The Morgan fingerprint density at radius 2 is 2.04 bits per heavy atom. The molecule has 0 aliphatic heterocycles. The van der Waals surface area contributed by atoms with E-state index in [1.54, 1.807) is 6.20 Å². The molecule has 2 N–H and O–H groups in total. The Morgan fingerprint density at radius 3 is 2.62 bits per heavy atom. The van der Waals surface area contributed by atoms with E-state index in [1.807, 2.05) is 61.1 Å².